The fourth-order valence-corrected chi connectivity index (χ4v) is 3.55. The van der Waals surface area contributed by atoms with E-state index >= 15 is 0 Å². The van der Waals surface area contributed by atoms with Crippen molar-refractivity contribution in [1.29, 1.82) is 0 Å². The molecule has 5 aliphatic rings. The van der Waals surface area contributed by atoms with Gasteiger partial charge in [0.15, 0.2) is 0 Å². The molecule has 4 heterocycles. The Morgan fingerprint density at radius 1 is 1.14 bits per heavy atom. The number of nitrogens with zero attached hydrogens (tertiary/aromatic N) is 2. The van der Waals surface area contributed by atoms with Crippen molar-refractivity contribution in [3.05, 3.63) is 46.6 Å². The molecule has 0 spiro atoms. The monoisotopic (exact) mass is 298 g/mol. The lowest BCUT2D eigenvalue weighted by atomic mass is 10.0. The molecule has 7 heteroatoms. The highest BCUT2D eigenvalue weighted by molar-refractivity contribution is 6.11. The van der Waals surface area contributed by atoms with Gasteiger partial charge in [-0.1, -0.05) is 0 Å². The largest absolute Gasteiger partial charge is 0.381 e. The summed E-state index contributed by atoms with van der Waals surface area (Å²) in [6.07, 6.45) is 8.23. The van der Waals surface area contributed by atoms with Crippen molar-refractivity contribution in [2.24, 2.45) is 5.10 Å². The van der Waals surface area contributed by atoms with Gasteiger partial charge >= 0.3 is 0 Å². The molecule has 114 valence electrons. The Morgan fingerprint density at radius 2 is 2.05 bits per heavy atom. The van der Waals surface area contributed by atoms with Crippen molar-refractivity contribution in [2.45, 2.75) is 18.9 Å². The Kier molecular flexibility index (Phi) is 2.51. The maximum absolute atomic E-state index is 5.46. The van der Waals surface area contributed by atoms with Crippen molar-refractivity contribution in [3.63, 3.8) is 0 Å². The number of allylic oxidation sites excluding steroid dienone is 2. The molecule has 0 atom stereocenters. The molecule has 0 aromatic rings. The van der Waals surface area contributed by atoms with Gasteiger partial charge in [0.1, 0.15) is 0 Å². The van der Waals surface area contributed by atoms with Crippen LogP contribution in [0.4, 0.5) is 0 Å². The van der Waals surface area contributed by atoms with Crippen molar-refractivity contribution < 1.29 is 4.74 Å². The molecule has 0 bridgehead atoms. The number of hydrogen-bond acceptors (Lipinski definition) is 7. The number of nitrogens with one attached hydrogen (secondary N) is 4. The van der Waals surface area contributed by atoms with Crippen molar-refractivity contribution >= 4 is 5.71 Å². The summed E-state index contributed by atoms with van der Waals surface area (Å²) in [5.74, 6) is 0. The SMILES string of the molecule is C1=CC2=C3C(=CNN2)NNC3=C2CN(C3CCOCC3)N=C12. The first-order valence-electron chi connectivity index (χ1n) is 7.73. The summed E-state index contributed by atoms with van der Waals surface area (Å²) in [4.78, 5) is 0. The van der Waals surface area contributed by atoms with Gasteiger partial charge in [0.25, 0.3) is 0 Å². The normalized spacial score (nSPS) is 26.3. The summed E-state index contributed by atoms with van der Waals surface area (Å²) >= 11 is 0. The first-order chi connectivity index (χ1) is 10.9. The molecule has 22 heavy (non-hydrogen) atoms. The summed E-state index contributed by atoms with van der Waals surface area (Å²) in [7, 11) is 0. The maximum Gasteiger partial charge on any atom is 0.0904 e. The third kappa shape index (κ3) is 1.69. The number of hydrogen-bond donors (Lipinski definition) is 4. The molecule has 0 aromatic carbocycles. The Morgan fingerprint density at radius 3 is 2.95 bits per heavy atom. The van der Waals surface area contributed by atoms with Crippen LogP contribution in [0.2, 0.25) is 0 Å². The quantitative estimate of drug-likeness (QED) is 0.545. The molecule has 1 aliphatic carbocycles. The highest BCUT2D eigenvalue weighted by Gasteiger charge is 2.35. The molecule has 7 nitrogen and oxygen atoms in total. The first-order valence-corrected chi connectivity index (χ1v) is 7.73. The Hall–Kier alpha value is -2.41. The van der Waals surface area contributed by atoms with Gasteiger partial charge in [-0.05, 0) is 25.0 Å². The third-order valence-corrected chi connectivity index (χ3v) is 4.72. The summed E-state index contributed by atoms with van der Waals surface area (Å²) in [6.45, 7) is 2.53. The minimum absolute atomic E-state index is 0.485. The molecule has 0 unspecified atom stereocenters. The van der Waals surface area contributed by atoms with Crippen LogP contribution in [0.3, 0.4) is 0 Å². The molecule has 0 aromatic heterocycles. The summed E-state index contributed by atoms with van der Waals surface area (Å²) in [5.41, 5.74) is 19.5. The lowest BCUT2D eigenvalue weighted by molar-refractivity contribution is 0.0406. The van der Waals surface area contributed by atoms with Crippen LogP contribution in [0.1, 0.15) is 12.8 Å². The van der Waals surface area contributed by atoms with Gasteiger partial charge in [-0.25, -0.2) is 0 Å². The second kappa shape index (κ2) is 4.54. The third-order valence-electron chi connectivity index (χ3n) is 4.72. The zero-order chi connectivity index (χ0) is 14.5. The van der Waals surface area contributed by atoms with E-state index in [1.165, 1.54) is 11.1 Å². The van der Waals surface area contributed by atoms with Gasteiger partial charge in [0, 0.05) is 25.0 Å². The highest BCUT2D eigenvalue weighted by Crippen LogP contribution is 2.34. The zero-order valence-corrected chi connectivity index (χ0v) is 12.1. The fraction of sp³-hybridized carbons (Fsp3) is 0.400. The van der Waals surface area contributed by atoms with Gasteiger partial charge < -0.3 is 15.6 Å². The van der Waals surface area contributed by atoms with Crippen LogP contribution in [0.5, 0.6) is 0 Å². The predicted octanol–water partition coefficient (Wildman–Crippen LogP) is -0.0280. The number of fused-ring (bicyclic) bond motifs is 1. The van der Waals surface area contributed by atoms with Crippen LogP contribution < -0.4 is 21.7 Å². The zero-order valence-electron chi connectivity index (χ0n) is 12.1. The van der Waals surface area contributed by atoms with Crippen molar-refractivity contribution in [3.8, 4) is 0 Å². The van der Waals surface area contributed by atoms with E-state index in [0.717, 1.165) is 55.4 Å². The van der Waals surface area contributed by atoms with Gasteiger partial charge in [-0.3, -0.25) is 15.9 Å². The molecule has 0 saturated carbocycles. The van der Waals surface area contributed by atoms with E-state index < -0.39 is 0 Å². The van der Waals surface area contributed by atoms with E-state index in [9.17, 15) is 0 Å². The van der Waals surface area contributed by atoms with Crippen molar-refractivity contribution in [1.82, 2.24) is 26.7 Å². The molecule has 0 amide bonds. The maximum atomic E-state index is 5.46. The van der Waals surface area contributed by atoms with Crippen LogP contribution in [-0.4, -0.2) is 36.5 Å². The van der Waals surface area contributed by atoms with Gasteiger partial charge in [-0.15, -0.1) is 0 Å². The average Bonchev–Trinajstić information content (AvgIpc) is 3.14. The average molecular weight is 298 g/mol. The van der Waals surface area contributed by atoms with E-state index in [1.807, 2.05) is 6.20 Å². The predicted molar refractivity (Wildman–Crippen MR) is 81.8 cm³/mol. The molecule has 5 rings (SSSR count). The lowest BCUT2D eigenvalue weighted by Crippen LogP contribution is -2.35. The molecule has 2 fully saturated rings. The molecular formula is C15H18N6O. The lowest BCUT2D eigenvalue weighted by Gasteiger charge is -2.29. The Labute approximate surface area is 128 Å². The second-order valence-corrected chi connectivity index (χ2v) is 5.98. The van der Waals surface area contributed by atoms with Gasteiger partial charge in [0.05, 0.1) is 41.0 Å². The summed E-state index contributed by atoms with van der Waals surface area (Å²) in [5, 5.41) is 7.09. The van der Waals surface area contributed by atoms with E-state index in [2.05, 4.69) is 38.9 Å². The molecule has 2 saturated heterocycles. The first kappa shape index (κ1) is 12.2. The number of rotatable bonds is 1. The molecule has 4 aliphatic heterocycles. The molecule has 4 N–H and O–H groups in total. The van der Waals surface area contributed by atoms with Crippen LogP contribution >= 0.6 is 0 Å². The Bertz CT molecular complexity index is 680. The molecular weight excluding hydrogens is 280 g/mol. The summed E-state index contributed by atoms with van der Waals surface area (Å²) < 4.78 is 5.46. The number of hydrazone groups is 1. The minimum Gasteiger partial charge on any atom is -0.381 e. The highest BCUT2D eigenvalue weighted by atomic mass is 16.5. The smallest absolute Gasteiger partial charge is 0.0904 e. The van der Waals surface area contributed by atoms with Gasteiger partial charge in [0.2, 0.25) is 0 Å². The Balaban J connectivity index is 1.53. The van der Waals surface area contributed by atoms with E-state index in [0.29, 0.717) is 6.04 Å². The topological polar surface area (TPSA) is 73.0 Å². The minimum atomic E-state index is 0.485. The number of hydrazine groups is 2. The summed E-state index contributed by atoms with van der Waals surface area (Å²) in [6, 6.07) is 0.485. The number of ether oxygens (including phenoxy) is 1. The standard InChI is InChI=1S/C15H18N6O/c1-2-12-14-13(7-16-17-12)18-19-15(14)10-8-21(20-11(1)10)9-3-5-22-6-4-9/h1-2,7,9,16-19H,3-6,8H2. The second-order valence-electron chi connectivity index (χ2n) is 5.98. The van der Waals surface area contributed by atoms with Gasteiger partial charge in [-0.2, -0.15) is 5.10 Å². The molecule has 0 radical (unpaired) electrons. The fourth-order valence-electron chi connectivity index (χ4n) is 3.55. The van der Waals surface area contributed by atoms with Crippen molar-refractivity contribution in [2.75, 3.05) is 19.8 Å². The van der Waals surface area contributed by atoms with E-state index in [4.69, 9.17) is 9.84 Å². The van der Waals surface area contributed by atoms with Crippen LogP contribution in [0.15, 0.2) is 51.7 Å². The van der Waals surface area contributed by atoms with Crippen LogP contribution in [0, 0.1) is 0 Å². The van der Waals surface area contributed by atoms with E-state index in [-0.39, 0.29) is 0 Å². The van der Waals surface area contributed by atoms with E-state index in [1.54, 1.807) is 0 Å². The van der Waals surface area contributed by atoms with Crippen LogP contribution in [-0.2, 0) is 4.74 Å². The van der Waals surface area contributed by atoms with Crippen LogP contribution in [0.25, 0.3) is 0 Å².